The number of aliphatic hydroxyl groups is 3. The molecule has 0 bridgehead atoms. The third-order valence-electron chi connectivity index (χ3n) is 2.64. The van der Waals surface area contributed by atoms with Crippen LogP contribution in [0.4, 0.5) is 0 Å². The fraction of sp³-hybridized carbons (Fsp3) is 0.556. The van der Waals surface area contributed by atoms with E-state index >= 15 is 0 Å². The van der Waals surface area contributed by atoms with Crippen molar-refractivity contribution in [3.8, 4) is 0 Å². The largest absolute Gasteiger partial charge is 0.394 e. The van der Waals surface area contributed by atoms with Crippen molar-refractivity contribution in [3.05, 3.63) is 33.1 Å². The molecule has 1 aliphatic heterocycles. The van der Waals surface area contributed by atoms with Crippen LogP contribution in [0.2, 0.25) is 0 Å². The maximum absolute atomic E-state index is 11.4. The Morgan fingerprint density at radius 2 is 2.06 bits per heavy atom. The third kappa shape index (κ3) is 2.03. The number of aromatic amines is 1. The van der Waals surface area contributed by atoms with Gasteiger partial charge in [0.1, 0.15) is 18.3 Å². The number of ether oxygens (including phenoxy) is 1. The summed E-state index contributed by atoms with van der Waals surface area (Å²) < 4.78 is 6.08. The topological polar surface area (TPSA) is 125 Å². The zero-order valence-electron chi connectivity index (χ0n) is 8.68. The van der Waals surface area contributed by atoms with Crippen molar-refractivity contribution >= 4 is 0 Å². The van der Waals surface area contributed by atoms with Gasteiger partial charge in [0.2, 0.25) is 0 Å². The molecule has 0 saturated carbocycles. The van der Waals surface area contributed by atoms with Gasteiger partial charge in [-0.2, -0.15) is 0 Å². The van der Waals surface area contributed by atoms with E-state index in [0.29, 0.717) is 0 Å². The fourth-order valence-corrected chi connectivity index (χ4v) is 1.74. The zero-order chi connectivity index (χ0) is 12.6. The lowest BCUT2D eigenvalue weighted by Gasteiger charge is -2.16. The molecule has 17 heavy (non-hydrogen) atoms. The van der Waals surface area contributed by atoms with E-state index in [0.717, 1.165) is 16.8 Å². The van der Waals surface area contributed by atoms with Crippen LogP contribution in [0.15, 0.2) is 21.9 Å². The summed E-state index contributed by atoms with van der Waals surface area (Å²) >= 11 is 0. The summed E-state index contributed by atoms with van der Waals surface area (Å²) in [6.07, 6.45) is -3.58. The van der Waals surface area contributed by atoms with Gasteiger partial charge in [0.05, 0.1) is 6.61 Å². The molecule has 1 aromatic rings. The van der Waals surface area contributed by atoms with Gasteiger partial charge in [-0.1, -0.05) is 0 Å². The molecule has 1 fully saturated rings. The van der Waals surface area contributed by atoms with Crippen LogP contribution < -0.4 is 11.2 Å². The van der Waals surface area contributed by atoms with Gasteiger partial charge in [-0.25, -0.2) is 4.79 Å². The van der Waals surface area contributed by atoms with E-state index in [2.05, 4.69) is 0 Å². The van der Waals surface area contributed by atoms with E-state index in [4.69, 9.17) is 9.84 Å². The Bertz CT molecular complexity index is 509. The number of H-pyrrole nitrogens is 1. The molecule has 0 aromatic carbocycles. The van der Waals surface area contributed by atoms with Crippen molar-refractivity contribution in [2.24, 2.45) is 0 Å². The average Bonchev–Trinajstić information content (AvgIpc) is 2.57. The molecule has 0 aliphatic carbocycles. The van der Waals surface area contributed by atoms with Crippen molar-refractivity contribution in [1.29, 1.82) is 0 Å². The molecule has 2 heterocycles. The molecule has 94 valence electrons. The molecular weight excluding hydrogens is 232 g/mol. The lowest BCUT2D eigenvalue weighted by atomic mass is 10.1. The first-order chi connectivity index (χ1) is 8.04. The predicted octanol–water partition coefficient (Wildman–Crippen LogP) is -2.85. The van der Waals surface area contributed by atoms with Crippen molar-refractivity contribution in [1.82, 2.24) is 9.55 Å². The smallest absolute Gasteiger partial charge is 0.330 e. The van der Waals surface area contributed by atoms with E-state index in [-0.39, 0.29) is 0 Å². The first kappa shape index (κ1) is 12.0. The molecule has 2 rings (SSSR count). The SMILES string of the molecule is O=c1ccn(C2O[C@H](CO)C(O)C2O)c(=O)[nH]1. The lowest BCUT2D eigenvalue weighted by Crippen LogP contribution is -2.37. The number of rotatable bonds is 2. The van der Waals surface area contributed by atoms with Crippen LogP contribution >= 0.6 is 0 Å². The number of hydrogen-bond acceptors (Lipinski definition) is 6. The zero-order valence-corrected chi connectivity index (χ0v) is 8.68. The van der Waals surface area contributed by atoms with E-state index in [1.54, 1.807) is 0 Å². The van der Waals surface area contributed by atoms with Crippen molar-refractivity contribution in [2.75, 3.05) is 6.61 Å². The Labute approximate surface area is 94.7 Å². The van der Waals surface area contributed by atoms with E-state index < -0.39 is 42.4 Å². The summed E-state index contributed by atoms with van der Waals surface area (Å²) in [4.78, 5) is 24.3. The second-order valence-corrected chi connectivity index (χ2v) is 3.75. The Morgan fingerprint density at radius 1 is 1.35 bits per heavy atom. The number of nitrogens with one attached hydrogen (secondary N) is 1. The second kappa shape index (κ2) is 4.41. The normalized spacial score (nSPS) is 32.9. The number of aromatic nitrogens is 2. The highest BCUT2D eigenvalue weighted by Crippen LogP contribution is 2.27. The molecule has 1 aromatic heterocycles. The minimum atomic E-state index is -1.35. The molecule has 0 radical (unpaired) electrons. The highest BCUT2D eigenvalue weighted by atomic mass is 16.6. The van der Waals surface area contributed by atoms with Crippen LogP contribution in [-0.4, -0.2) is 49.8 Å². The van der Waals surface area contributed by atoms with Gasteiger partial charge in [0, 0.05) is 12.3 Å². The molecular formula is C9H12N2O6. The van der Waals surface area contributed by atoms with Crippen LogP contribution in [0.25, 0.3) is 0 Å². The summed E-state index contributed by atoms with van der Waals surface area (Å²) in [6.45, 7) is -0.479. The highest BCUT2D eigenvalue weighted by Gasteiger charge is 2.43. The quantitative estimate of drug-likeness (QED) is 0.444. The second-order valence-electron chi connectivity index (χ2n) is 3.75. The summed E-state index contributed by atoms with van der Waals surface area (Å²) in [5.74, 6) is 0. The molecule has 4 N–H and O–H groups in total. The van der Waals surface area contributed by atoms with Crippen LogP contribution in [-0.2, 0) is 4.74 Å². The van der Waals surface area contributed by atoms with Crippen molar-refractivity contribution in [3.63, 3.8) is 0 Å². The number of nitrogens with zero attached hydrogens (tertiary/aromatic N) is 1. The van der Waals surface area contributed by atoms with E-state index in [9.17, 15) is 19.8 Å². The van der Waals surface area contributed by atoms with Crippen LogP contribution in [0.3, 0.4) is 0 Å². The highest BCUT2D eigenvalue weighted by molar-refractivity contribution is 4.92. The van der Waals surface area contributed by atoms with Gasteiger partial charge in [-0.15, -0.1) is 0 Å². The molecule has 8 nitrogen and oxygen atoms in total. The Hall–Kier alpha value is -1.48. The first-order valence-electron chi connectivity index (χ1n) is 4.98. The minimum Gasteiger partial charge on any atom is -0.394 e. The molecule has 1 aliphatic rings. The third-order valence-corrected chi connectivity index (χ3v) is 2.64. The fourth-order valence-electron chi connectivity index (χ4n) is 1.74. The molecule has 1 saturated heterocycles. The minimum absolute atomic E-state index is 0.479. The summed E-state index contributed by atoms with van der Waals surface area (Å²) in [7, 11) is 0. The summed E-state index contributed by atoms with van der Waals surface area (Å²) in [5.41, 5.74) is -1.33. The number of hydrogen-bond donors (Lipinski definition) is 4. The van der Waals surface area contributed by atoms with Crippen molar-refractivity contribution in [2.45, 2.75) is 24.5 Å². The van der Waals surface area contributed by atoms with Gasteiger partial charge < -0.3 is 20.1 Å². The van der Waals surface area contributed by atoms with Gasteiger partial charge in [0.25, 0.3) is 5.56 Å². The Kier molecular flexibility index (Phi) is 3.11. The lowest BCUT2D eigenvalue weighted by molar-refractivity contribution is -0.0550. The monoisotopic (exact) mass is 244 g/mol. The van der Waals surface area contributed by atoms with Crippen LogP contribution in [0.1, 0.15) is 6.23 Å². The molecule has 3 unspecified atom stereocenters. The van der Waals surface area contributed by atoms with Crippen LogP contribution in [0.5, 0.6) is 0 Å². The van der Waals surface area contributed by atoms with Gasteiger partial charge in [0.15, 0.2) is 6.23 Å². The Balaban J connectivity index is 2.35. The molecule has 0 amide bonds. The van der Waals surface area contributed by atoms with Crippen molar-refractivity contribution < 1.29 is 20.1 Å². The maximum Gasteiger partial charge on any atom is 0.330 e. The van der Waals surface area contributed by atoms with E-state index in [1.165, 1.54) is 0 Å². The maximum atomic E-state index is 11.4. The summed E-state index contributed by atoms with van der Waals surface area (Å²) in [5, 5.41) is 28.1. The Morgan fingerprint density at radius 3 is 2.59 bits per heavy atom. The number of aliphatic hydroxyl groups excluding tert-OH is 3. The molecule has 8 heteroatoms. The van der Waals surface area contributed by atoms with Gasteiger partial charge in [-0.05, 0) is 0 Å². The summed E-state index contributed by atoms with van der Waals surface area (Å²) in [6, 6.07) is 1.09. The van der Waals surface area contributed by atoms with Gasteiger partial charge >= 0.3 is 5.69 Å². The average molecular weight is 244 g/mol. The molecule has 4 atom stereocenters. The van der Waals surface area contributed by atoms with E-state index in [1.807, 2.05) is 4.98 Å². The standard InChI is InChI=1S/C9H12N2O6/c12-3-4-6(14)7(15)8(17-4)11-2-1-5(13)10-9(11)16/h1-2,4,6-8,12,14-15H,3H2,(H,10,13,16)/t4-,6?,7?,8?/m1/s1. The molecule has 0 spiro atoms. The predicted molar refractivity (Wildman–Crippen MR) is 54.3 cm³/mol. The first-order valence-corrected chi connectivity index (χ1v) is 4.98. The van der Waals surface area contributed by atoms with Gasteiger partial charge in [-0.3, -0.25) is 14.3 Å². The van der Waals surface area contributed by atoms with Crippen LogP contribution in [0, 0.1) is 0 Å².